The molecular weight excluding hydrogens is 392 g/mol. The molecule has 0 saturated heterocycles. The molecule has 1 amide bonds. The molecule has 1 fully saturated rings. The number of carbonyl (C=O) groups is 1. The molecule has 7 heteroatoms. The second-order valence-corrected chi connectivity index (χ2v) is 8.17. The van der Waals surface area contributed by atoms with Crippen molar-refractivity contribution in [2.24, 2.45) is 0 Å². The lowest BCUT2D eigenvalue weighted by Crippen LogP contribution is -2.35. The highest BCUT2D eigenvalue weighted by Gasteiger charge is 2.24. The van der Waals surface area contributed by atoms with E-state index in [2.05, 4.69) is 10.3 Å². The van der Waals surface area contributed by atoms with Crippen molar-refractivity contribution in [2.45, 2.75) is 64.6 Å². The minimum atomic E-state index is -0.199. The summed E-state index contributed by atoms with van der Waals surface area (Å²) in [7, 11) is 0. The minimum absolute atomic E-state index is 0.0257. The van der Waals surface area contributed by atoms with E-state index in [0.29, 0.717) is 17.8 Å². The Morgan fingerprint density at radius 1 is 1.19 bits per heavy atom. The van der Waals surface area contributed by atoms with Gasteiger partial charge in [-0.05, 0) is 56.5 Å². The van der Waals surface area contributed by atoms with E-state index in [1.165, 1.54) is 6.42 Å². The van der Waals surface area contributed by atoms with Crippen molar-refractivity contribution in [3.8, 4) is 5.75 Å². The maximum absolute atomic E-state index is 13.3. The summed E-state index contributed by atoms with van der Waals surface area (Å²) in [6, 6.07) is 11.3. The van der Waals surface area contributed by atoms with Gasteiger partial charge in [-0.3, -0.25) is 13.9 Å². The maximum Gasteiger partial charge on any atom is 0.331 e. The number of hydrogen-bond acceptors (Lipinski definition) is 4. The van der Waals surface area contributed by atoms with Gasteiger partial charge in [0, 0.05) is 12.2 Å². The summed E-state index contributed by atoms with van der Waals surface area (Å²) in [4.78, 5) is 30.6. The van der Waals surface area contributed by atoms with Crippen molar-refractivity contribution in [1.29, 1.82) is 0 Å². The highest BCUT2D eigenvalue weighted by molar-refractivity contribution is 5.79. The molecule has 0 aliphatic heterocycles. The van der Waals surface area contributed by atoms with Crippen LogP contribution in [0.2, 0.25) is 0 Å². The first-order valence-corrected chi connectivity index (χ1v) is 11.2. The van der Waals surface area contributed by atoms with Crippen molar-refractivity contribution < 1.29 is 9.53 Å². The summed E-state index contributed by atoms with van der Waals surface area (Å²) in [5.74, 6) is 0.606. The lowest BCUT2D eigenvalue weighted by atomic mass is 9.95. The number of rotatable bonds is 7. The van der Waals surface area contributed by atoms with Crippen LogP contribution < -0.4 is 15.7 Å². The standard InChI is InChI=1S/C24H30N4O3/c1-3-31-20-13-11-18(12-14-20)17(2)26-22(29)16-27-21-10-7-15-25-23(21)28(24(27)30)19-8-5-4-6-9-19/h7,10-15,17,19H,3-6,8-9,16H2,1-2H3,(H,26,29)/t17-/m0/s1. The Morgan fingerprint density at radius 2 is 1.94 bits per heavy atom. The predicted octanol–water partition coefficient (Wildman–Crippen LogP) is 3.98. The van der Waals surface area contributed by atoms with Gasteiger partial charge in [0.1, 0.15) is 12.3 Å². The number of nitrogens with zero attached hydrogens (tertiary/aromatic N) is 3. The Balaban J connectivity index is 1.53. The smallest absolute Gasteiger partial charge is 0.331 e. The van der Waals surface area contributed by atoms with Crippen molar-refractivity contribution in [3.05, 3.63) is 58.6 Å². The molecule has 0 bridgehead atoms. The van der Waals surface area contributed by atoms with Gasteiger partial charge >= 0.3 is 5.69 Å². The molecule has 1 aromatic carbocycles. The average molecular weight is 423 g/mol. The summed E-state index contributed by atoms with van der Waals surface area (Å²) in [6.07, 6.45) is 7.13. The van der Waals surface area contributed by atoms with E-state index < -0.39 is 0 Å². The molecule has 1 atom stereocenters. The molecule has 164 valence electrons. The highest BCUT2D eigenvalue weighted by atomic mass is 16.5. The molecule has 1 saturated carbocycles. The van der Waals surface area contributed by atoms with Crippen LogP contribution in [-0.2, 0) is 11.3 Å². The normalized spacial score (nSPS) is 15.7. The second kappa shape index (κ2) is 9.37. The Labute approximate surface area is 182 Å². The van der Waals surface area contributed by atoms with Crippen molar-refractivity contribution in [1.82, 2.24) is 19.4 Å². The Kier molecular flexibility index (Phi) is 6.39. The molecule has 1 aliphatic carbocycles. The third kappa shape index (κ3) is 4.50. The van der Waals surface area contributed by atoms with E-state index in [0.717, 1.165) is 37.0 Å². The van der Waals surface area contributed by atoms with Gasteiger partial charge in [0.05, 0.1) is 18.2 Å². The van der Waals surface area contributed by atoms with Crippen LogP contribution in [0, 0.1) is 0 Å². The third-order valence-corrected chi connectivity index (χ3v) is 6.03. The molecule has 4 rings (SSSR count). The summed E-state index contributed by atoms with van der Waals surface area (Å²) >= 11 is 0. The largest absolute Gasteiger partial charge is 0.494 e. The molecule has 31 heavy (non-hydrogen) atoms. The number of benzene rings is 1. The lowest BCUT2D eigenvalue weighted by Gasteiger charge is -2.22. The Bertz CT molecular complexity index is 1090. The van der Waals surface area contributed by atoms with Crippen LogP contribution in [-0.4, -0.2) is 26.6 Å². The van der Waals surface area contributed by atoms with Gasteiger partial charge in [0.25, 0.3) is 0 Å². The van der Waals surface area contributed by atoms with E-state index in [-0.39, 0.29) is 30.2 Å². The number of nitrogens with one attached hydrogen (secondary N) is 1. The van der Waals surface area contributed by atoms with E-state index in [1.807, 2.05) is 50.2 Å². The van der Waals surface area contributed by atoms with Gasteiger partial charge in [0.2, 0.25) is 5.91 Å². The summed E-state index contributed by atoms with van der Waals surface area (Å²) in [5, 5.41) is 3.01. The molecule has 7 nitrogen and oxygen atoms in total. The van der Waals surface area contributed by atoms with Gasteiger partial charge in [0.15, 0.2) is 5.65 Å². The first-order valence-electron chi connectivity index (χ1n) is 11.2. The zero-order chi connectivity index (χ0) is 21.8. The van der Waals surface area contributed by atoms with Gasteiger partial charge in [-0.2, -0.15) is 0 Å². The van der Waals surface area contributed by atoms with Crippen molar-refractivity contribution >= 4 is 17.1 Å². The second-order valence-electron chi connectivity index (χ2n) is 8.17. The molecule has 0 spiro atoms. The zero-order valence-electron chi connectivity index (χ0n) is 18.2. The number of imidazole rings is 1. The fourth-order valence-corrected chi connectivity index (χ4v) is 4.46. The molecule has 2 aromatic heterocycles. The zero-order valence-corrected chi connectivity index (χ0v) is 18.2. The predicted molar refractivity (Wildman–Crippen MR) is 120 cm³/mol. The van der Waals surface area contributed by atoms with Crippen LogP contribution in [0.5, 0.6) is 5.75 Å². The Hall–Kier alpha value is -3.09. The molecule has 1 N–H and O–H groups in total. The quantitative estimate of drug-likeness (QED) is 0.625. The van der Waals surface area contributed by atoms with Gasteiger partial charge in [-0.1, -0.05) is 31.4 Å². The first kappa shape index (κ1) is 21.2. The fraction of sp³-hybridized carbons (Fsp3) is 0.458. The number of amides is 1. The number of hydrogen-bond donors (Lipinski definition) is 1. The number of aromatic nitrogens is 3. The van der Waals surface area contributed by atoms with Gasteiger partial charge < -0.3 is 10.1 Å². The average Bonchev–Trinajstić information content (AvgIpc) is 3.06. The summed E-state index contributed by atoms with van der Waals surface area (Å²) in [5.41, 5.74) is 2.22. The van der Waals surface area contributed by atoms with E-state index in [4.69, 9.17) is 4.74 Å². The molecule has 2 heterocycles. The van der Waals surface area contributed by atoms with Crippen LogP contribution >= 0.6 is 0 Å². The maximum atomic E-state index is 13.3. The number of fused-ring (bicyclic) bond motifs is 1. The highest BCUT2D eigenvalue weighted by Crippen LogP contribution is 2.29. The number of ether oxygens (including phenoxy) is 1. The van der Waals surface area contributed by atoms with E-state index >= 15 is 0 Å². The molecular formula is C24H30N4O3. The van der Waals surface area contributed by atoms with Gasteiger partial charge in [-0.25, -0.2) is 9.78 Å². The first-order chi connectivity index (χ1) is 15.1. The number of carbonyl (C=O) groups excluding carboxylic acids is 1. The molecule has 3 aromatic rings. The van der Waals surface area contributed by atoms with E-state index in [1.54, 1.807) is 15.3 Å². The van der Waals surface area contributed by atoms with Crippen LogP contribution in [0.1, 0.15) is 63.6 Å². The lowest BCUT2D eigenvalue weighted by molar-refractivity contribution is -0.122. The molecule has 0 unspecified atom stereocenters. The molecule has 0 radical (unpaired) electrons. The fourth-order valence-electron chi connectivity index (χ4n) is 4.46. The van der Waals surface area contributed by atoms with Gasteiger partial charge in [-0.15, -0.1) is 0 Å². The number of pyridine rings is 1. The van der Waals surface area contributed by atoms with E-state index in [9.17, 15) is 9.59 Å². The Morgan fingerprint density at radius 3 is 2.65 bits per heavy atom. The monoisotopic (exact) mass is 422 g/mol. The van der Waals surface area contributed by atoms with Crippen LogP contribution in [0.3, 0.4) is 0 Å². The van der Waals surface area contributed by atoms with Crippen LogP contribution in [0.15, 0.2) is 47.4 Å². The van der Waals surface area contributed by atoms with Crippen molar-refractivity contribution in [3.63, 3.8) is 0 Å². The SMILES string of the molecule is CCOc1ccc([C@H](C)NC(=O)Cn2c(=O)n(C3CCCCC3)c3ncccc32)cc1. The van der Waals surface area contributed by atoms with Crippen molar-refractivity contribution in [2.75, 3.05) is 6.61 Å². The summed E-state index contributed by atoms with van der Waals surface area (Å²) in [6.45, 7) is 4.47. The third-order valence-electron chi connectivity index (χ3n) is 6.03. The van der Waals surface area contributed by atoms with Crippen LogP contribution in [0.25, 0.3) is 11.2 Å². The minimum Gasteiger partial charge on any atom is -0.494 e. The van der Waals surface area contributed by atoms with Crippen LogP contribution in [0.4, 0.5) is 0 Å². The topological polar surface area (TPSA) is 78.1 Å². The summed E-state index contributed by atoms with van der Waals surface area (Å²) < 4.78 is 8.83. The molecule has 1 aliphatic rings.